The van der Waals surface area contributed by atoms with Crippen molar-refractivity contribution >= 4 is 10.0 Å². The van der Waals surface area contributed by atoms with Crippen LogP contribution in [0, 0.1) is 19.7 Å². The number of sulfonamides is 1. The molecule has 0 radical (unpaired) electrons. The maximum absolute atomic E-state index is 13.2. The molecule has 4 rings (SSSR count). The van der Waals surface area contributed by atoms with Crippen LogP contribution in [-0.4, -0.2) is 34.4 Å². The fraction of sp³-hybridized carbons (Fsp3) is 0.316. The second-order valence-corrected chi connectivity index (χ2v) is 8.67. The van der Waals surface area contributed by atoms with Crippen molar-refractivity contribution in [3.63, 3.8) is 0 Å². The summed E-state index contributed by atoms with van der Waals surface area (Å²) in [5.74, 6) is 0.561. The summed E-state index contributed by atoms with van der Waals surface area (Å²) in [5.41, 5.74) is 1.92. The summed E-state index contributed by atoms with van der Waals surface area (Å²) in [4.78, 5) is 8.85. The van der Waals surface area contributed by atoms with Crippen molar-refractivity contribution in [2.45, 2.75) is 37.6 Å². The summed E-state index contributed by atoms with van der Waals surface area (Å²) in [7, 11) is -3.80. The molecule has 1 aliphatic rings. The molecule has 1 fully saturated rings. The standard InChI is InChI=1S/C19H19FN4O3S/c1-12-10-18(27-23-12)16-11-21-13(2)22-19(16)17-4-3-9-24(17)28(25,26)15-7-5-14(20)6-8-15/h5-8,10-11,17H,3-4,9H2,1-2H3. The van der Waals surface area contributed by atoms with E-state index in [9.17, 15) is 12.8 Å². The van der Waals surface area contributed by atoms with Crippen molar-refractivity contribution in [1.82, 2.24) is 19.4 Å². The van der Waals surface area contributed by atoms with Crippen LogP contribution in [0.15, 0.2) is 45.9 Å². The Kier molecular flexibility index (Phi) is 4.72. The molecule has 3 aromatic rings. The van der Waals surface area contributed by atoms with Crippen LogP contribution in [0.2, 0.25) is 0 Å². The molecular formula is C19H19FN4O3S. The Morgan fingerprint density at radius 1 is 1.21 bits per heavy atom. The number of hydrogen-bond donors (Lipinski definition) is 0. The number of aromatic nitrogens is 3. The molecule has 0 aliphatic carbocycles. The summed E-state index contributed by atoms with van der Waals surface area (Å²) in [6.07, 6.45) is 2.96. The van der Waals surface area contributed by atoms with Gasteiger partial charge in [-0.1, -0.05) is 5.16 Å². The maximum Gasteiger partial charge on any atom is 0.243 e. The van der Waals surface area contributed by atoms with Crippen LogP contribution in [-0.2, 0) is 10.0 Å². The third-order valence-corrected chi connectivity index (χ3v) is 6.69. The van der Waals surface area contributed by atoms with E-state index in [1.54, 1.807) is 19.2 Å². The Balaban J connectivity index is 1.79. The van der Waals surface area contributed by atoms with Crippen LogP contribution in [0.1, 0.15) is 36.1 Å². The van der Waals surface area contributed by atoms with Gasteiger partial charge in [-0.3, -0.25) is 0 Å². The Bertz CT molecular complexity index is 1110. The van der Waals surface area contributed by atoms with Crippen LogP contribution < -0.4 is 0 Å². The van der Waals surface area contributed by atoms with E-state index >= 15 is 0 Å². The third-order valence-electron chi connectivity index (χ3n) is 4.77. The van der Waals surface area contributed by atoms with Gasteiger partial charge in [0.2, 0.25) is 10.0 Å². The lowest BCUT2D eigenvalue weighted by Gasteiger charge is -2.25. The minimum atomic E-state index is -3.80. The van der Waals surface area contributed by atoms with Crippen molar-refractivity contribution in [3.05, 3.63) is 59.6 Å². The van der Waals surface area contributed by atoms with E-state index in [1.807, 2.05) is 6.92 Å². The highest BCUT2D eigenvalue weighted by atomic mass is 32.2. The molecule has 0 N–H and O–H groups in total. The van der Waals surface area contributed by atoms with Gasteiger partial charge in [0.05, 0.1) is 27.9 Å². The fourth-order valence-corrected chi connectivity index (χ4v) is 5.13. The second-order valence-electron chi connectivity index (χ2n) is 6.78. The maximum atomic E-state index is 13.2. The van der Waals surface area contributed by atoms with Gasteiger partial charge in [0.1, 0.15) is 11.6 Å². The topological polar surface area (TPSA) is 89.2 Å². The van der Waals surface area contributed by atoms with Gasteiger partial charge in [-0.25, -0.2) is 22.8 Å². The number of rotatable bonds is 4. The van der Waals surface area contributed by atoms with Gasteiger partial charge in [-0.2, -0.15) is 4.31 Å². The minimum Gasteiger partial charge on any atom is -0.356 e. The van der Waals surface area contributed by atoms with Gasteiger partial charge in [0.15, 0.2) is 5.76 Å². The highest BCUT2D eigenvalue weighted by molar-refractivity contribution is 7.89. The van der Waals surface area contributed by atoms with Crippen LogP contribution >= 0.6 is 0 Å². The first kappa shape index (κ1) is 18.7. The molecule has 0 spiro atoms. The van der Waals surface area contributed by atoms with E-state index in [-0.39, 0.29) is 4.90 Å². The predicted octanol–water partition coefficient (Wildman–Crippen LogP) is 3.41. The SMILES string of the molecule is Cc1cc(-c2cnc(C)nc2C2CCCN2S(=O)(=O)c2ccc(F)cc2)on1. The number of nitrogens with zero attached hydrogens (tertiary/aromatic N) is 4. The van der Waals surface area contributed by atoms with Gasteiger partial charge < -0.3 is 4.52 Å². The van der Waals surface area contributed by atoms with Crippen LogP contribution in [0.3, 0.4) is 0 Å². The molecule has 1 aliphatic heterocycles. The fourth-order valence-electron chi connectivity index (χ4n) is 3.46. The first-order chi connectivity index (χ1) is 13.4. The average molecular weight is 402 g/mol. The lowest BCUT2D eigenvalue weighted by atomic mass is 10.0. The van der Waals surface area contributed by atoms with E-state index in [0.29, 0.717) is 47.9 Å². The smallest absolute Gasteiger partial charge is 0.243 e. The highest BCUT2D eigenvalue weighted by Crippen LogP contribution is 2.39. The lowest BCUT2D eigenvalue weighted by Crippen LogP contribution is -2.31. The summed E-state index contributed by atoms with van der Waals surface area (Å²) >= 11 is 0. The molecule has 28 heavy (non-hydrogen) atoms. The second kappa shape index (κ2) is 7.06. The van der Waals surface area contributed by atoms with E-state index in [2.05, 4.69) is 15.1 Å². The molecule has 1 unspecified atom stereocenters. The first-order valence-corrected chi connectivity index (χ1v) is 10.3. The largest absolute Gasteiger partial charge is 0.356 e. The Hall–Kier alpha value is -2.65. The third kappa shape index (κ3) is 3.31. The van der Waals surface area contributed by atoms with Crippen LogP contribution in [0.5, 0.6) is 0 Å². The summed E-state index contributed by atoms with van der Waals surface area (Å²) in [6.45, 7) is 3.93. The van der Waals surface area contributed by atoms with E-state index < -0.39 is 21.9 Å². The monoisotopic (exact) mass is 402 g/mol. The summed E-state index contributed by atoms with van der Waals surface area (Å²) < 4.78 is 46.4. The van der Waals surface area contributed by atoms with Crippen molar-refractivity contribution in [2.24, 2.45) is 0 Å². The van der Waals surface area contributed by atoms with Gasteiger partial charge in [-0.15, -0.1) is 0 Å². The summed E-state index contributed by atoms with van der Waals surface area (Å²) in [6, 6.07) is 6.17. The van der Waals surface area contributed by atoms with Crippen molar-refractivity contribution in [2.75, 3.05) is 6.54 Å². The average Bonchev–Trinajstić information content (AvgIpc) is 3.31. The molecule has 3 heterocycles. The van der Waals surface area contributed by atoms with Crippen molar-refractivity contribution in [1.29, 1.82) is 0 Å². The van der Waals surface area contributed by atoms with Gasteiger partial charge >= 0.3 is 0 Å². The first-order valence-electron chi connectivity index (χ1n) is 8.91. The molecule has 2 aromatic heterocycles. The molecule has 146 valence electrons. The number of halogens is 1. The van der Waals surface area contributed by atoms with Gasteiger partial charge in [-0.05, 0) is 51.0 Å². The Morgan fingerprint density at radius 3 is 2.64 bits per heavy atom. The molecule has 9 heteroatoms. The number of hydrogen-bond acceptors (Lipinski definition) is 6. The van der Waals surface area contributed by atoms with E-state index in [1.165, 1.54) is 16.4 Å². The zero-order valence-electron chi connectivity index (χ0n) is 15.5. The molecule has 1 aromatic carbocycles. The molecule has 0 amide bonds. The molecule has 0 saturated carbocycles. The minimum absolute atomic E-state index is 0.0589. The Morgan fingerprint density at radius 2 is 1.96 bits per heavy atom. The number of benzene rings is 1. The molecule has 0 bridgehead atoms. The quantitative estimate of drug-likeness (QED) is 0.664. The normalized spacial score (nSPS) is 17.9. The van der Waals surface area contributed by atoms with Crippen molar-refractivity contribution in [3.8, 4) is 11.3 Å². The summed E-state index contributed by atoms with van der Waals surface area (Å²) in [5, 5.41) is 3.91. The van der Waals surface area contributed by atoms with E-state index in [4.69, 9.17) is 4.52 Å². The van der Waals surface area contributed by atoms with Crippen molar-refractivity contribution < 1.29 is 17.3 Å². The molecule has 1 saturated heterocycles. The van der Waals surface area contributed by atoms with Gasteiger partial charge in [0.25, 0.3) is 0 Å². The van der Waals surface area contributed by atoms with E-state index in [0.717, 1.165) is 12.1 Å². The van der Waals surface area contributed by atoms with Crippen LogP contribution in [0.4, 0.5) is 4.39 Å². The zero-order chi connectivity index (χ0) is 19.9. The van der Waals surface area contributed by atoms with Gasteiger partial charge in [0, 0.05) is 18.8 Å². The molecular weight excluding hydrogens is 383 g/mol. The highest BCUT2D eigenvalue weighted by Gasteiger charge is 2.38. The molecule has 7 nitrogen and oxygen atoms in total. The zero-order valence-corrected chi connectivity index (χ0v) is 16.3. The number of aryl methyl sites for hydroxylation is 2. The Labute approximate surface area is 162 Å². The molecule has 1 atom stereocenters. The van der Waals surface area contributed by atoms with Crippen LogP contribution in [0.25, 0.3) is 11.3 Å². The predicted molar refractivity (Wildman–Crippen MR) is 99.3 cm³/mol. The lowest BCUT2D eigenvalue weighted by molar-refractivity contribution is 0.387.